The molecule has 0 saturated carbocycles. The smallest absolute Gasteiger partial charge is 0.222 e. The normalized spacial score (nSPS) is 11.2. The zero-order valence-electron chi connectivity index (χ0n) is 10.6. The lowest BCUT2D eigenvalue weighted by molar-refractivity contribution is 0.103. The second-order valence-electron chi connectivity index (χ2n) is 4.33. The van der Waals surface area contributed by atoms with Gasteiger partial charge in [-0.25, -0.2) is 0 Å². The molecule has 7 heteroatoms. The number of ketones is 1. The highest BCUT2D eigenvalue weighted by atomic mass is 79.9. The highest BCUT2D eigenvalue weighted by Crippen LogP contribution is 2.25. The molecule has 0 aliphatic carbocycles. The number of nitrogens with zero attached hydrogens (tertiary/aromatic N) is 3. The molecular weight excluding hydrogens is 394 g/mol. The molecule has 0 aromatic carbocycles. The Morgan fingerprint density at radius 1 is 1.47 bits per heavy atom. The zero-order chi connectivity index (χ0) is 14.0. The van der Waals surface area contributed by atoms with Crippen LogP contribution in [0.2, 0.25) is 0 Å². The third-order valence-corrected chi connectivity index (χ3v) is 4.83. The van der Waals surface area contributed by atoms with Crippen molar-refractivity contribution in [1.82, 2.24) is 14.7 Å². The fourth-order valence-electron chi connectivity index (χ4n) is 1.60. The van der Waals surface area contributed by atoms with E-state index in [0.29, 0.717) is 17.1 Å². The van der Waals surface area contributed by atoms with Gasteiger partial charge in [-0.1, -0.05) is 0 Å². The first-order chi connectivity index (χ1) is 8.99. The van der Waals surface area contributed by atoms with Gasteiger partial charge < -0.3 is 4.90 Å². The second-order valence-corrected chi connectivity index (χ2v) is 7.01. The van der Waals surface area contributed by atoms with Gasteiger partial charge in [-0.15, -0.1) is 11.3 Å². The summed E-state index contributed by atoms with van der Waals surface area (Å²) in [6.45, 7) is 1.52. The van der Waals surface area contributed by atoms with E-state index in [-0.39, 0.29) is 5.78 Å². The van der Waals surface area contributed by atoms with E-state index in [2.05, 4.69) is 41.9 Å². The molecule has 0 atom stereocenters. The number of aromatic nitrogens is 2. The Labute approximate surface area is 132 Å². The van der Waals surface area contributed by atoms with Crippen molar-refractivity contribution in [3.63, 3.8) is 0 Å². The summed E-state index contributed by atoms with van der Waals surface area (Å²) in [6.07, 6.45) is 1.67. The van der Waals surface area contributed by atoms with Crippen LogP contribution in [0.15, 0.2) is 26.6 Å². The molecule has 0 aliphatic heterocycles. The molecule has 0 bridgehead atoms. The Kier molecular flexibility index (Phi) is 4.94. The third-order valence-electron chi connectivity index (χ3n) is 2.56. The lowest BCUT2D eigenvalue weighted by atomic mass is 10.2. The molecule has 2 rings (SSSR count). The Morgan fingerprint density at radius 2 is 2.21 bits per heavy atom. The quantitative estimate of drug-likeness (QED) is 0.715. The Hall–Kier alpha value is -0.500. The van der Waals surface area contributed by atoms with Gasteiger partial charge in [0.1, 0.15) is 5.69 Å². The molecule has 2 heterocycles. The zero-order valence-corrected chi connectivity index (χ0v) is 14.5. The molecule has 2 aromatic rings. The van der Waals surface area contributed by atoms with Crippen LogP contribution in [0.1, 0.15) is 15.4 Å². The van der Waals surface area contributed by atoms with Crippen LogP contribution in [-0.2, 0) is 6.54 Å². The molecule has 19 heavy (non-hydrogen) atoms. The van der Waals surface area contributed by atoms with Crippen LogP contribution in [-0.4, -0.2) is 41.1 Å². The summed E-state index contributed by atoms with van der Waals surface area (Å²) in [5, 5.41) is 6.16. The first-order valence-electron chi connectivity index (χ1n) is 5.64. The van der Waals surface area contributed by atoms with Crippen molar-refractivity contribution >= 4 is 49.0 Å². The van der Waals surface area contributed by atoms with Crippen LogP contribution in [0.25, 0.3) is 0 Å². The number of carbonyl (C=O) groups is 1. The Bertz CT molecular complexity index is 592. The largest absolute Gasteiger partial charge is 0.308 e. The number of thiophene rings is 1. The van der Waals surface area contributed by atoms with Gasteiger partial charge in [-0.05, 0) is 52.0 Å². The molecule has 0 amide bonds. The van der Waals surface area contributed by atoms with Crippen LogP contribution in [0.5, 0.6) is 0 Å². The van der Waals surface area contributed by atoms with E-state index >= 15 is 0 Å². The summed E-state index contributed by atoms with van der Waals surface area (Å²) in [7, 11) is 3.99. The van der Waals surface area contributed by atoms with Crippen molar-refractivity contribution in [3.05, 3.63) is 37.2 Å². The van der Waals surface area contributed by atoms with Gasteiger partial charge in [-0.2, -0.15) is 5.10 Å². The van der Waals surface area contributed by atoms with Gasteiger partial charge in [0.2, 0.25) is 5.78 Å². The molecule has 102 valence electrons. The molecule has 0 unspecified atom stereocenters. The van der Waals surface area contributed by atoms with E-state index in [1.807, 2.05) is 25.5 Å². The summed E-state index contributed by atoms with van der Waals surface area (Å²) in [4.78, 5) is 15.3. The van der Waals surface area contributed by atoms with Crippen molar-refractivity contribution < 1.29 is 4.79 Å². The van der Waals surface area contributed by atoms with Crippen LogP contribution in [0.3, 0.4) is 0 Å². The number of carbonyl (C=O) groups excluding carboxylic acids is 1. The Balaban J connectivity index is 2.28. The first-order valence-corrected chi connectivity index (χ1v) is 8.10. The Morgan fingerprint density at radius 3 is 2.79 bits per heavy atom. The van der Waals surface area contributed by atoms with Crippen molar-refractivity contribution in [3.8, 4) is 0 Å². The molecule has 0 N–H and O–H groups in total. The number of hydrogen-bond donors (Lipinski definition) is 0. The minimum Gasteiger partial charge on any atom is -0.308 e. The maximum Gasteiger partial charge on any atom is 0.222 e. The molecule has 0 spiro atoms. The highest BCUT2D eigenvalue weighted by Gasteiger charge is 2.20. The van der Waals surface area contributed by atoms with Gasteiger partial charge in [0.25, 0.3) is 0 Å². The minimum absolute atomic E-state index is 0.00108. The van der Waals surface area contributed by atoms with Gasteiger partial charge in [-0.3, -0.25) is 9.48 Å². The van der Waals surface area contributed by atoms with Crippen LogP contribution in [0, 0.1) is 0 Å². The van der Waals surface area contributed by atoms with E-state index in [4.69, 9.17) is 0 Å². The van der Waals surface area contributed by atoms with E-state index in [0.717, 1.165) is 15.5 Å². The predicted octanol–water partition coefficient (Wildman–Crippen LogP) is 3.26. The average Bonchev–Trinajstić information content (AvgIpc) is 2.92. The lowest BCUT2D eigenvalue weighted by Gasteiger charge is -2.11. The summed E-state index contributed by atoms with van der Waals surface area (Å²) >= 11 is 8.20. The van der Waals surface area contributed by atoms with E-state index in [1.54, 1.807) is 10.9 Å². The predicted molar refractivity (Wildman–Crippen MR) is 83.9 cm³/mol. The van der Waals surface area contributed by atoms with E-state index in [1.165, 1.54) is 11.3 Å². The van der Waals surface area contributed by atoms with E-state index in [9.17, 15) is 4.79 Å². The molecule has 0 saturated heterocycles. The van der Waals surface area contributed by atoms with Crippen molar-refractivity contribution in [1.29, 1.82) is 0 Å². The third kappa shape index (κ3) is 3.53. The monoisotopic (exact) mass is 405 g/mol. The fourth-order valence-corrected chi connectivity index (χ4v) is 3.44. The molecule has 0 fully saturated rings. The van der Waals surface area contributed by atoms with Crippen molar-refractivity contribution in [2.45, 2.75) is 6.54 Å². The first kappa shape index (κ1) is 14.9. The van der Waals surface area contributed by atoms with Crippen LogP contribution >= 0.6 is 43.2 Å². The molecule has 0 radical (unpaired) electrons. The highest BCUT2D eigenvalue weighted by molar-refractivity contribution is 9.10. The van der Waals surface area contributed by atoms with Gasteiger partial charge in [0.15, 0.2) is 0 Å². The lowest BCUT2D eigenvalue weighted by Crippen LogP contribution is -2.21. The van der Waals surface area contributed by atoms with Gasteiger partial charge >= 0.3 is 0 Å². The number of likely N-dealkylation sites (N-methyl/N-ethyl adjacent to an activating group) is 1. The summed E-state index contributed by atoms with van der Waals surface area (Å²) in [6, 6.07) is 1.84. The average molecular weight is 407 g/mol. The van der Waals surface area contributed by atoms with Crippen LogP contribution < -0.4 is 0 Å². The summed E-state index contributed by atoms with van der Waals surface area (Å²) < 4.78 is 3.41. The molecular formula is C12H13Br2N3OS. The number of hydrogen-bond acceptors (Lipinski definition) is 4. The summed E-state index contributed by atoms with van der Waals surface area (Å²) in [5.41, 5.74) is 0.608. The van der Waals surface area contributed by atoms with Crippen molar-refractivity contribution in [2.24, 2.45) is 0 Å². The molecule has 4 nitrogen and oxygen atoms in total. The van der Waals surface area contributed by atoms with Crippen LogP contribution in [0.4, 0.5) is 0 Å². The van der Waals surface area contributed by atoms with Crippen molar-refractivity contribution in [2.75, 3.05) is 20.6 Å². The fraction of sp³-hybridized carbons (Fsp3) is 0.333. The van der Waals surface area contributed by atoms with E-state index < -0.39 is 0 Å². The maximum atomic E-state index is 12.5. The minimum atomic E-state index is -0.00108. The molecule has 2 aromatic heterocycles. The standard InChI is InChI=1S/C12H13Br2N3OS/c1-16(2)3-4-17-11(9(14)6-15-17)12(18)10-5-8(13)7-19-10/h5-7H,3-4H2,1-2H3. The molecule has 0 aliphatic rings. The second kappa shape index (κ2) is 6.30. The SMILES string of the molecule is CN(C)CCn1ncc(Br)c1C(=O)c1cc(Br)cs1. The van der Waals surface area contributed by atoms with Gasteiger partial charge in [0.05, 0.1) is 22.1 Å². The maximum absolute atomic E-state index is 12.5. The number of rotatable bonds is 5. The summed E-state index contributed by atoms with van der Waals surface area (Å²) in [5.74, 6) is -0.00108. The topological polar surface area (TPSA) is 38.1 Å². The van der Waals surface area contributed by atoms with Gasteiger partial charge in [0, 0.05) is 16.4 Å². The number of halogens is 2.